The number of ether oxygens (including phenoxy) is 2. The van der Waals surface area contributed by atoms with E-state index >= 15 is 0 Å². The van der Waals surface area contributed by atoms with Gasteiger partial charge in [-0.2, -0.15) is 4.99 Å². The van der Waals surface area contributed by atoms with Crippen LogP contribution in [0.1, 0.15) is 29.8 Å². The molecular weight excluding hydrogens is 498 g/mol. The molecule has 2 heterocycles. The number of thiazole rings is 1. The molecule has 0 saturated heterocycles. The fraction of sp³-hybridized carbons (Fsp3) is 0.385. The summed E-state index contributed by atoms with van der Waals surface area (Å²) >= 11 is 2.61. The van der Waals surface area contributed by atoms with Gasteiger partial charge in [-0.25, -0.2) is 4.79 Å². The summed E-state index contributed by atoms with van der Waals surface area (Å²) in [6.45, 7) is 6.26. The van der Waals surface area contributed by atoms with Crippen molar-refractivity contribution in [1.82, 2.24) is 4.57 Å². The first kappa shape index (κ1) is 26.1. The van der Waals surface area contributed by atoms with Crippen molar-refractivity contribution in [2.45, 2.75) is 26.8 Å². The summed E-state index contributed by atoms with van der Waals surface area (Å²) in [5, 5.41) is 0. The standard InChI is InChI=1S/C26H29N3O5S2/c1-3-33-14-13-29-21-10-9-19(25(32)34-4-2)15-22(21)36-26(29)27-23(30)16-35-17-24(31)28-12-11-18-7-5-6-8-20(18)28/h5-10,15H,3-4,11-14,16-17H2,1-2H3. The van der Waals surface area contributed by atoms with E-state index in [2.05, 4.69) is 4.99 Å². The Morgan fingerprint density at radius 2 is 1.92 bits per heavy atom. The van der Waals surface area contributed by atoms with Crippen LogP contribution in [0.5, 0.6) is 0 Å². The first-order valence-electron chi connectivity index (χ1n) is 11.9. The van der Waals surface area contributed by atoms with Gasteiger partial charge in [-0.1, -0.05) is 29.5 Å². The maximum Gasteiger partial charge on any atom is 0.338 e. The molecule has 0 fully saturated rings. The predicted octanol–water partition coefficient (Wildman–Crippen LogP) is 3.67. The van der Waals surface area contributed by atoms with Crippen LogP contribution in [-0.2, 0) is 32.0 Å². The Kier molecular flexibility index (Phi) is 8.95. The molecule has 4 rings (SSSR count). The Balaban J connectivity index is 1.46. The molecule has 10 heteroatoms. The van der Waals surface area contributed by atoms with E-state index in [1.165, 1.54) is 28.7 Å². The third kappa shape index (κ3) is 6.05. The highest BCUT2D eigenvalue weighted by Gasteiger charge is 2.24. The number of hydrogen-bond donors (Lipinski definition) is 0. The minimum Gasteiger partial charge on any atom is -0.462 e. The van der Waals surface area contributed by atoms with E-state index in [-0.39, 0.29) is 29.3 Å². The highest BCUT2D eigenvalue weighted by Crippen LogP contribution is 2.28. The summed E-state index contributed by atoms with van der Waals surface area (Å²) in [4.78, 5) is 44.2. The molecule has 0 bridgehead atoms. The monoisotopic (exact) mass is 527 g/mol. The van der Waals surface area contributed by atoms with Crippen LogP contribution in [0.2, 0.25) is 0 Å². The minimum absolute atomic E-state index is 0.00196. The Labute approximate surface area is 217 Å². The van der Waals surface area contributed by atoms with Gasteiger partial charge in [0.05, 0.1) is 40.5 Å². The van der Waals surface area contributed by atoms with Gasteiger partial charge in [-0.3, -0.25) is 9.59 Å². The predicted molar refractivity (Wildman–Crippen MR) is 143 cm³/mol. The average Bonchev–Trinajstić information content (AvgIpc) is 3.45. The number of fused-ring (bicyclic) bond motifs is 2. The van der Waals surface area contributed by atoms with Gasteiger partial charge in [0.25, 0.3) is 5.91 Å². The van der Waals surface area contributed by atoms with Crippen LogP contribution in [0, 0.1) is 0 Å². The average molecular weight is 528 g/mol. The van der Waals surface area contributed by atoms with Crippen molar-refractivity contribution in [3.63, 3.8) is 0 Å². The maximum absolute atomic E-state index is 12.7. The van der Waals surface area contributed by atoms with Crippen LogP contribution >= 0.6 is 23.1 Å². The van der Waals surface area contributed by atoms with E-state index in [0.717, 1.165) is 22.3 Å². The first-order valence-corrected chi connectivity index (χ1v) is 13.9. The number of nitrogens with zero attached hydrogens (tertiary/aromatic N) is 3. The molecule has 1 aromatic heterocycles. The molecule has 0 aliphatic carbocycles. The lowest BCUT2D eigenvalue weighted by molar-refractivity contribution is -0.116. The zero-order chi connectivity index (χ0) is 25.5. The second-order valence-corrected chi connectivity index (χ2v) is 10.1. The number of carbonyl (C=O) groups is 3. The molecule has 1 aliphatic heterocycles. The fourth-order valence-corrected chi connectivity index (χ4v) is 5.84. The van der Waals surface area contributed by atoms with Crippen molar-refractivity contribution in [3.8, 4) is 0 Å². The minimum atomic E-state index is -0.384. The van der Waals surface area contributed by atoms with E-state index in [4.69, 9.17) is 9.47 Å². The zero-order valence-electron chi connectivity index (χ0n) is 20.4. The highest BCUT2D eigenvalue weighted by atomic mass is 32.2. The normalized spacial score (nSPS) is 13.3. The lowest BCUT2D eigenvalue weighted by atomic mass is 10.2. The lowest BCUT2D eigenvalue weighted by Crippen LogP contribution is -2.30. The maximum atomic E-state index is 12.7. The number of rotatable bonds is 10. The van der Waals surface area contributed by atoms with Crippen molar-refractivity contribution in [1.29, 1.82) is 0 Å². The van der Waals surface area contributed by atoms with Crippen LogP contribution in [0.3, 0.4) is 0 Å². The molecular formula is C26H29N3O5S2. The molecule has 3 aromatic rings. The van der Waals surface area contributed by atoms with Gasteiger partial charge in [0.1, 0.15) is 0 Å². The zero-order valence-corrected chi connectivity index (χ0v) is 22.0. The number of benzene rings is 2. The number of anilines is 1. The number of para-hydroxylation sites is 1. The van der Waals surface area contributed by atoms with Crippen molar-refractivity contribution >= 4 is 56.8 Å². The summed E-state index contributed by atoms with van der Waals surface area (Å²) in [6, 6.07) is 13.2. The number of esters is 1. The lowest BCUT2D eigenvalue weighted by Gasteiger charge is -2.16. The van der Waals surface area contributed by atoms with E-state index in [0.29, 0.717) is 43.3 Å². The van der Waals surface area contributed by atoms with Gasteiger partial charge >= 0.3 is 5.97 Å². The summed E-state index contributed by atoms with van der Waals surface area (Å²) in [7, 11) is 0. The van der Waals surface area contributed by atoms with E-state index in [1.807, 2.05) is 41.8 Å². The van der Waals surface area contributed by atoms with Crippen LogP contribution < -0.4 is 9.70 Å². The first-order chi connectivity index (χ1) is 17.5. The number of amides is 2. The largest absolute Gasteiger partial charge is 0.462 e. The molecule has 0 atom stereocenters. The number of carbonyl (C=O) groups excluding carboxylic acids is 3. The molecule has 8 nitrogen and oxygen atoms in total. The van der Waals surface area contributed by atoms with Crippen LogP contribution in [0.15, 0.2) is 47.5 Å². The highest BCUT2D eigenvalue weighted by molar-refractivity contribution is 8.00. The molecule has 2 aromatic carbocycles. The topological polar surface area (TPSA) is 90.2 Å². The number of thioether (sulfide) groups is 1. The van der Waals surface area contributed by atoms with Crippen molar-refractivity contribution in [3.05, 3.63) is 58.4 Å². The van der Waals surface area contributed by atoms with Gasteiger partial charge in [0.15, 0.2) is 4.80 Å². The SMILES string of the molecule is CCOCCn1c(=NC(=O)CSCC(=O)N2CCc3ccccc32)sc2cc(C(=O)OCC)ccc21. The Morgan fingerprint density at radius 3 is 2.72 bits per heavy atom. The molecule has 0 N–H and O–H groups in total. The van der Waals surface area contributed by atoms with E-state index < -0.39 is 0 Å². The molecule has 2 amide bonds. The Morgan fingerprint density at radius 1 is 1.08 bits per heavy atom. The van der Waals surface area contributed by atoms with Crippen LogP contribution in [0.25, 0.3) is 10.2 Å². The molecule has 1 aliphatic rings. The smallest absolute Gasteiger partial charge is 0.338 e. The number of hydrogen-bond acceptors (Lipinski definition) is 7. The molecule has 36 heavy (non-hydrogen) atoms. The molecule has 0 radical (unpaired) electrons. The molecule has 0 saturated carbocycles. The fourth-order valence-electron chi connectivity index (χ4n) is 4.06. The van der Waals surface area contributed by atoms with Crippen LogP contribution in [0.4, 0.5) is 5.69 Å². The summed E-state index contributed by atoms with van der Waals surface area (Å²) in [6.07, 6.45) is 0.854. The Bertz CT molecular complexity index is 1330. The summed E-state index contributed by atoms with van der Waals surface area (Å²) in [5.74, 6) is -0.371. The number of aromatic nitrogens is 1. The summed E-state index contributed by atoms with van der Waals surface area (Å²) < 4.78 is 13.4. The third-order valence-corrected chi connectivity index (χ3v) is 7.66. The van der Waals surface area contributed by atoms with Crippen molar-refractivity contribution in [2.24, 2.45) is 4.99 Å². The van der Waals surface area contributed by atoms with Gasteiger partial charge < -0.3 is 18.9 Å². The van der Waals surface area contributed by atoms with E-state index in [9.17, 15) is 14.4 Å². The van der Waals surface area contributed by atoms with E-state index in [1.54, 1.807) is 24.0 Å². The van der Waals surface area contributed by atoms with Gasteiger partial charge in [0, 0.05) is 25.4 Å². The molecule has 190 valence electrons. The summed E-state index contributed by atoms with van der Waals surface area (Å²) in [5.41, 5.74) is 3.46. The van der Waals surface area contributed by atoms with Crippen molar-refractivity contribution < 1.29 is 23.9 Å². The van der Waals surface area contributed by atoms with Gasteiger partial charge in [-0.05, 0) is 50.1 Å². The molecule has 0 unspecified atom stereocenters. The van der Waals surface area contributed by atoms with Crippen molar-refractivity contribution in [2.75, 3.05) is 42.8 Å². The molecule has 0 spiro atoms. The Hall–Kier alpha value is -2.95. The van der Waals surface area contributed by atoms with Gasteiger partial charge in [0.2, 0.25) is 5.91 Å². The third-order valence-electron chi connectivity index (χ3n) is 5.72. The second-order valence-electron chi connectivity index (χ2n) is 8.06. The second kappa shape index (κ2) is 12.3. The quantitative estimate of drug-likeness (QED) is 0.295. The van der Waals surface area contributed by atoms with Crippen LogP contribution in [-0.4, -0.2) is 60.2 Å². The van der Waals surface area contributed by atoms with Gasteiger partial charge in [-0.15, -0.1) is 11.8 Å².